The highest BCUT2D eigenvalue weighted by atomic mass is 16.5. The fourth-order valence-electron chi connectivity index (χ4n) is 1.08. The van der Waals surface area contributed by atoms with Crippen LogP contribution >= 0.6 is 0 Å². The van der Waals surface area contributed by atoms with Crippen molar-refractivity contribution in [1.82, 2.24) is 15.0 Å². The highest BCUT2D eigenvalue weighted by Crippen LogP contribution is 2.07. The molecule has 0 saturated heterocycles. The Morgan fingerprint density at radius 3 is 2.86 bits per heavy atom. The molecule has 0 aliphatic carbocycles. The Balaban J connectivity index is 2.57. The molecule has 0 aliphatic heterocycles. The van der Waals surface area contributed by atoms with Crippen molar-refractivity contribution in [2.24, 2.45) is 5.73 Å². The van der Waals surface area contributed by atoms with Crippen LogP contribution in [0.3, 0.4) is 0 Å². The Labute approximate surface area is 83.0 Å². The maximum Gasteiger partial charge on any atom is 0.252 e. The van der Waals surface area contributed by atoms with Gasteiger partial charge in [0.2, 0.25) is 0 Å². The van der Waals surface area contributed by atoms with Crippen LogP contribution in [0.5, 0.6) is 0 Å². The van der Waals surface area contributed by atoms with Gasteiger partial charge in [0.05, 0.1) is 6.04 Å². The lowest BCUT2D eigenvalue weighted by Crippen LogP contribution is -2.26. The second kappa shape index (κ2) is 5.04. The van der Waals surface area contributed by atoms with Crippen LogP contribution in [0, 0.1) is 0 Å². The quantitative estimate of drug-likeness (QED) is 0.708. The maximum atomic E-state index is 5.84. The molecule has 80 valence electrons. The van der Waals surface area contributed by atoms with Crippen LogP contribution in [0.4, 0.5) is 0 Å². The maximum absolute atomic E-state index is 5.84. The van der Waals surface area contributed by atoms with Gasteiger partial charge in [-0.05, 0) is 14.1 Å². The molecular formula is C8H16N4O2. The van der Waals surface area contributed by atoms with Crippen LogP contribution in [0.25, 0.3) is 0 Å². The summed E-state index contributed by atoms with van der Waals surface area (Å²) in [5.41, 5.74) is 5.84. The minimum atomic E-state index is -0.223. The minimum absolute atomic E-state index is 0.223. The van der Waals surface area contributed by atoms with Gasteiger partial charge in [0, 0.05) is 13.7 Å². The molecule has 1 rings (SSSR count). The van der Waals surface area contributed by atoms with Gasteiger partial charge >= 0.3 is 0 Å². The van der Waals surface area contributed by atoms with E-state index in [2.05, 4.69) is 10.1 Å². The van der Waals surface area contributed by atoms with Gasteiger partial charge in [-0.2, -0.15) is 4.98 Å². The van der Waals surface area contributed by atoms with E-state index in [-0.39, 0.29) is 6.04 Å². The summed E-state index contributed by atoms with van der Waals surface area (Å²) in [5.74, 6) is 0.974. The van der Waals surface area contributed by atoms with Crippen molar-refractivity contribution in [1.29, 1.82) is 0 Å². The lowest BCUT2D eigenvalue weighted by atomic mass is 10.3. The largest absolute Gasteiger partial charge is 0.375 e. The number of aromatic nitrogens is 2. The van der Waals surface area contributed by atoms with Crippen molar-refractivity contribution in [3.63, 3.8) is 0 Å². The van der Waals surface area contributed by atoms with Gasteiger partial charge in [-0.1, -0.05) is 5.16 Å². The van der Waals surface area contributed by atoms with E-state index in [1.165, 1.54) is 0 Å². The van der Waals surface area contributed by atoms with E-state index in [0.717, 1.165) is 0 Å². The van der Waals surface area contributed by atoms with E-state index < -0.39 is 0 Å². The number of nitrogens with two attached hydrogens (primary N) is 1. The first-order valence-corrected chi connectivity index (χ1v) is 4.35. The zero-order chi connectivity index (χ0) is 10.6. The summed E-state index contributed by atoms with van der Waals surface area (Å²) in [6, 6.07) is -0.223. The molecule has 1 aromatic rings. The number of ether oxygens (including phenoxy) is 1. The fraction of sp³-hybridized carbons (Fsp3) is 0.750. The number of likely N-dealkylation sites (N-methyl/N-ethyl adjacent to an activating group) is 1. The fourth-order valence-corrected chi connectivity index (χ4v) is 1.08. The van der Waals surface area contributed by atoms with E-state index in [4.69, 9.17) is 15.0 Å². The van der Waals surface area contributed by atoms with Gasteiger partial charge in [-0.15, -0.1) is 0 Å². The van der Waals surface area contributed by atoms with Crippen LogP contribution in [-0.2, 0) is 11.3 Å². The zero-order valence-electron chi connectivity index (χ0n) is 8.73. The highest BCUT2D eigenvalue weighted by Gasteiger charge is 2.14. The Morgan fingerprint density at radius 1 is 1.57 bits per heavy atom. The van der Waals surface area contributed by atoms with Crippen LogP contribution in [-0.4, -0.2) is 42.8 Å². The molecule has 14 heavy (non-hydrogen) atoms. The Morgan fingerprint density at radius 2 is 2.29 bits per heavy atom. The smallest absolute Gasteiger partial charge is 0.252 e. The van der Waals surface area contributed by atoms with Crippen LogP contribution in [0.15, 0.2) is 4.52 Å². The average Bonchev–Trinajstić information content (AvgIpc) is 2.52. The number of methoxy groups -OCH3 is 1. The molecule has 1 atom stereocenters. The molecule has 6 nitrogen and oxygen atoms in total. The van der Waals surface area contributed by atoms with Crippen molar-refractivity contribution >= 4 is 0 Å². The van der Waals surface area contributed by atoms with Crippen molar-refractivity contribution in [2.45, 2.75) is 12.6 Å². The summed E-state index contributed by atoms with van der Waals surface area (Å²) < 4.78 is 9.78. The molecule has 0 aliphatic rings. The zero-order valence-corrected chi connectivity index (χ0v) is 8.73. The van der Waals surface area contributed by atoms with Gasteiger partial charge in [0.15, 0.2) is 5.82 Å². The van der Waals surface area contributed by atoms with Crippen molar-refractivity contribution in [2.75, 3.05) is 27.7 Å². The first-order chi connectivity index (χ1) is 6.63. The normalized spacial score (nSPS) is 13.5. The number of nitrogens with zero attached hydrogens (tertiary/aromatic N) is 3. The van der Waals surface area contributed by atoms with Gasteiger partial charge < -0.3 is 19.9 Å². The Bertz CT molecular complexity index is 274. The molecule has 1 unspecified atom stereocenters. The second-order valence-electron chi connectivity index (χ2n) is 3.35. The van der Waals surface area contributed by atoms with Crippen LogP contribution in [0.1, 0.15) is 17.8 Å². The molecule has 1 aromatic heterocycles. The number of rotatable bonds is 5. The van der Waals surface area contributed by atoms with E-state index in [1.807, 2.05) is 19.0 Å². The first kappa shape index (κ1) is 11.1. The molecular weight excluding hydrogens is 184 g/mol. The second-order valence-corrected chi connectivity index (χ2v) is 3.35. The van der Waals surface area contributed by atoms with Crippen LogP contribution in [0.2, 0.25) is 0 Å². The molecule has 1 heterocycles. The number of hydrogen-bond donors (Lipinski definition) is 1. The minimum Gasteiger partial charge on any atom is -0.375 e. The predicted molar refractivity (Wildman–Crippen MR) is 50.5 cm³/mol. The SMILES string of the molecule is COCc1nc(C(N)CN(C)C)no1. The lowest BCUT2D eigenvalue weighted by Gasteiger charge is -2.12. The van der Waals surface area contributed by atoms with Crippen molar-refractivity contribution in [3.05, 3.63) is 11.7 Å². The molecule has 0 bridgehead atoms. The van der Waals surface area contributed by atoms with Gasteiger partial charge in [0.1, 0.15) is 6.61 Å². The summed E-state index contributed by atoms with van der Waals surface area (Å²) in [6.45, 7) is 1.01. The molecule has 0 radical (unpaired) electrons. The lowest BCUT2D eigenvalue weighted by molar-refractivity contribution is 0.151. The molecule has 0 spiro atoms. The van der Waals surface area contributed by atoms with Gasteiger partial charge in [-0.25, -0.2) is 0 Å². The van der Waals surface area contributed by atoms with Gasteiger partial charge in [-0.3, -0.25) is 0 Å². The molecule has 0 fully saturated rings. The van der Waals surface area contributed by atoms with Crippen molar-refractivity contribution in [3.8, 4) is 0 Å². The van der Waals surface area contributed by atoms with Gasteiger partial charge in [0.25, 0.3) is 5.89 Å². The molecule has 2 N–H and O–H groups in total. The Kier molecular flexibility index (Phi) is 3.99. The third kappa shape index (κ3) is 3.06. The third-order valence-electron chi connectivity index (χ3n) is 1.65. The summed E-state index contributed by atoms with van der Waals surface area (Å²) in [5, 5.41) is 3.77. The third-order valence-corrected chi connectivity index (χ3v) is 1.65. The highest BCUT2D eigenvalue weighted by molar-refractivity contribution is 4.93. The molecule has 0 saturated carbocycles. The summed E-state index contributed by atoms with van der Waals surface area (Å²) in [7, 11) is 5.45. The van der Waals surface area contributed by atoms with E-state index in [0.29, 0.717) is 24.9 Å². The number of hydrogen-bond acceptors (Lipinski definition) is 6. The topological polar surface area (TPSA) is 77.4 Å². The van der Waals surface area contributed by atoms with E-state index in [9.17, 15) is 0 Å². The first-order valence-electron chi connectivity index (χ1n) is 4.35. The van der Waals surface area contributed by atoms with E-state index in [1.54, 1.807) is 7.11 Å². The monoisotopic (exact) mass is 200 g/mol. The van der Waals surface area contributed by atoms with Crippen LogP contribution < -0.4 is 5.73 Å². The Hall–Kier alpha value is -0.980. The summed E-state index contributed by atoms with van der Waals surface area (Å²) in [6.07, 6.45) is 0. The summed E-state index contributed by atoms with van der Waals surface area (Å²) >= 11 is 0. The van der Waals surface area contributed by atoms with Crippen molar-refractivity contribution < 1.29 is 9.26 Å². The predicted octanol–water partition coefficient (Wildman–Crippen LogP) is -0.223. The standard InChI is InChI=1S/C8H16N4O2/c1-12(2)4-6(9)8-10-7(5-13-3)14-11-8/h6H,4-5,9H2,1-3H3. The molecule has 0 aromatic carbocycles. The summed E-state index contributed by atoms with van der Waals surface area (Å²) in [4.78, 5) is 6.07. The van der Waals surface area contributed by atoms with E-state index >= 15 is 0 Å². The average molecular weight is 200 g/mol. The molecule has 6 heteroatoms. The molecule has 0 amide bonds.